The van der Waals surface area contributed by atoms with Crippen molar-refractivity contribution in [3.05, 3.63) is 69.2 Å². The maximum absolute atomic E-state index is 12.9. The highest BCUT2D eigenvalue weighted by Gasteiger charge is 2.26. The van der Waals surface area contributed by atoms with E-state index < -0.39 is 6.04 Å². The van der Waals surface area contributed by atoms with Crippen LogP contribution in [-0.4, -0.2) is 35.1 Å². The predicted molar refractivity (Wildman–Crippen MR) is 120 cm³/mol. The summed E-state index contributed by atoms with van der Waals surface area (Å²) in [5.74, 6) is 0.778. The van der Waals surface area contributed by atoms with Crippen molar-refractivity contribution < 1.29 is 9.59 Å². The average molecular weight is 484 g/mol. The fourth-order valence-corrected chi connectivity index (χ4v) is 3.96. The molecular weight excluding hydrogens is 460 g/mol. The van der Waals surface area contributed by atoms with Crippen LogP contribution >= 0.6 is 39.3 Å². The Morgan fingerprint density at radius 3 is 2.50 bits per heavy atom. The number of thioether (sulfide) groups is 1. The van der Waals surface area contributed by atoms with Gasteiger partial charge in [-0.2, -0.15) is 0 Å². The maximum atomic E-state index is 12.9. The molecule has 0 aliphatic heterocycles. The fraction of sp³-hybridized carbons (Fsp3) is 0.333. The van der Waals surface area contributed by atoms with E-state index in [9.17, 15) is 9.59 Å². The molecule has 150 valence electrons. The van der Waals surface area contributed by atoms with Gasteiger partial charge in [0.1, 0.15) is 6.04 Å². The van der Waals surface area contributed by atoms with Gasteiger partial charge in [-0.1, -0.05) is 57.9 Å². The Labute approximate surface area is 184 Å². The quantitative estimate of drug-likeness (QED) is 0.552. The van der Waals surface area contributed by atoms with Crippen molar-refractivity contribution in [2.75, 3.05) is 12.3 Å². The topological polar surface area (TPSA) is 49.4 Å². The lowest BCUT2D eigenvalue weighted by Gasteiger charge is -2.29. The van der Waals surface area contributed by atoms with Crippen LogP contribution < -0.4 is 5.32 Å². The van der Waals surface area contributed by atoms with Gasteiger partial charge >= 0.3 is 0 Å². The third kappa shape index (κ3) is 6.83. The molecule has 0 aliphatic carbocycles. The third-order valence-electron chi connectivity index (χ3n) is 4.22. The summed E-state index contributed by atoms with van der Waals surface area (Å²) in [6.07, 6.45) is 0. The Morgan fingerprint density at radius 1 is 1.18 bits per heavy atom. The van der Waals surface area contributed by atoms with E-state index in [1.54, 1.807) is 17.9 Å². The molecule has 0 saturated carbocycles. The van der Waals surface area contributed by atoms with E-state index in [1.807, 2.05) is 49.4 Å². The summed E-state index contributed by atoms with van der Waals surface area (Å²) in [4.78, 5) is 26.9. The van der Waals surface area contributed by atoms with Crippen LogP contribution in [-0.2, 0) is 21.9 Å². The summed E-state index contributed by atoms with van der Waals surface area (Å²) in [7, 11) is 0. The van der Waals surface area contributed by atoms with Crippen molar-refractivity contribution >= 4 is 51.1 Å². The van der Waals surface area contributed by atoms with Gasteiger partial charge in [0, 0.05) is 28.3 Å². The summed E-state index contributed by atoms with van der Waals surface area (Å²) in [5, 5.41) is 3.38. The van der Waals surface area contributed by atoms with Gasteiger partial charge in [-0.05, 0) is 43.2 Å². The maximum Gasteiger partial charge on any atom is 0.242 e. The molecule has 0 unspecified atom stereocenters. The van der Waals surface area contributed by atoms with Gasteiger partial charge in [-0.15, -0.1) is 11.8 Å². The smallest absolute Gasteiger partial charge is 0.242 e. The number of carbonyl (C=O) groups excluding carboxylic acids is 2. The molecule has 2 aromatic rings. The van der Waals surface area contributed by atoms with E-state index in [-0.39, 0.29) is 11.8 Å². The number of benzene rings is 2. The van der Waals surface area contributed by atoms with E-state index >= 15 is 0 Å². The number of nitrogens with zero attached hydrogens (tertiary/aromatic N) is 1. The van der Waals surface area contributed by atoms with E-state index in [0.717, 1.165) is 21.4 Å². The van der Waals surface area contributed by atoms with Crippen LogP contribution in [0.25, 0.3) is 0 Å². The van der Waals surface area contributed by atoms with Crippen molar-refractivity contribution in [1.29, 1.82) is 0 Å². The van der Waals surface area contributed by atoms with Crippen molar-refractivity contribution in [3.8, 4) is 0 Å². The Bertz CT molecular complexity index is 801. The lowest BCUT2D eigenvalue weighted by molar-refractivity contribution is -0.138. The molecule has 4 nitrogen and oxygen atoms in total. The summed E-state index contributed by atoms with van der Waals surface area (Å²) in [6, 6.07) is 14.8. The van der Waals surface area contributed by atoms with E-state index in [4.69, 9.17) is 11.6 Å². The van der Waals surface area contributed by atoms with Crippen LogP contribution in [0, 0.1) is 0 Å². The number of hydrogen-bond acceptors (Lipinski definition) is 3. The largest absolute Gasteiger partial charge is 0.355 e. The number of likely N-dealkylation sites (N-methyl/N-ethyl adjacent to an activating group) is 1. The van der Waals surface area contributed by atoms with Crippen molar-refractivity contribution in [1.82, 2.24) is 10.2 Å². The Kier molecular flexibility index (Phi) is 9.35. The van der Waals surface area contributed by atoms with Crippen molar-refractivity contribution in [2.45, 2.75) is 32.2 Å². The molecule has 1 atom stereocenters. The summed E-state index contributed by atoms with van der Waals surface area (Å²) in [5.41, 5.74) is 1.97. The Balaban J connectivity index is 2.06. The summed E-state index contributed by atoms with van der Waals surface area (Å²) >= 11 is 11.2. The minimum atomic E-state index is -0.572. The number of carbonyl (C=O) groups is 2. The first kappa shape index (κ1) is 22.8. The molecule has 0 fully saturated rings. The summed E-state index contributed by atoms with van der Waals surface area (Å²) in [6.45, 7) is 4.43. The van der Waals surface area contributed by atoms with Crippen LogP contribution in [0.2, 0.25) is 5.02 Å². The first-order valence-electron chi connectivity index (χ1n) is 9.05. The van der Waals surface area contributed by atoms with Crippen LogP contribution in [0.3, 0.4) is 0 Å². The number of halogens is 2. The second-order valence-electron chi connectivity index (χ2n) is 6.30. The molecule has 0 radical (unpaired) electrons. The highest BCUT2D eigenvalue weighted by atomic mass is 79.9. The monoisotopic (exact) mass is 482 g/mol. The lowest BCUT2D eigenvalue weighted by Crippen LogP contribution is -2.48. The summed E-state index contributed by atoms with van der Waals surface area (Å²) < 4.78 is 1.03. The Hall–Kier alpha value is -1.50. The third-order valence-corrected chi connectivity index (χ3v) is 6.11. The predicted octanol–water partition coefficient (Wildman–Crippen LogP) is 4.89. The molecule has 2 amide bonds. The highest BCUT2D eigenvalue weighted by Crippen LogP contribution is 2.21. The second kappa shape index (κ2) is 11.5. The molecular formula is C21H24BrClN2O2S. The fourth-order valence-electron chi connectivity index (χ4n) is 2.63. The number of nitrogens with one attached hydrogen (secondary N) is 1. The molecule has 0 aliphatic rings. The first-order valence-corrected chi connectivity index (χ1v) is 11.4. The minimum Gasteiger partial charge on any atom is -0.355 e. The van der Waals surface area contributed by atoms with Crippen LogP contribution in [0.4, 0.5) is 0 Å². The molecule has 28 heavy (non-hydrogen) atoms. The molecule has 0 heterocycles. The SMILES string of the molecule is CCNC(=O)[C@H](C)N(Cc1ccccc1Cl)C(=O)CSCc1ccc(Br)cc1. The molecule has 2 aromatic carbocycles. The van der Waals surface area contributed by atoms with E-state index in [1.165, 1.54) is 11.8 Å². The average Bonchev–Trinajstić information content (AvgIpc) is 2.68. The number of hydrogen-bond donors (Lipinski definition) is 1. The molecule has 7 heteroatoms. The van der Waals surface area contributed by atoms with Gasteiger partial charge in [-0.3, -0.25) is 9.59 Å². The number of rotatable bonds is 9. The lowest BCUT2D eigenvalue weighted by atomic mass is 10.1. The van der Waals surface area contributed by atoms with Crippen molar-refractivity contribution in [3.63, 3.8) is 0 Å². The second-order valence-corrected chi connectivity index (χ2v) is 8.61. The van der Waals surface area contributed by atoms with Gasteiger partial charge in [-0.25, -0.2) is 0 Å². The van der Waals surface area contributed by atoms with E-state index in [0.29, 0.717) is 23.9 Å². The zero-order valence-corrected chi connectivity index (χ0v) is 19.1. The standard InChI is InChI=1S/C21H24BrClN2O2S/c1-3-24-21(27)15(2)25(12-17-6-4-5-7-19(17)23)20(26)14-28-13-16-8-10-18(22)11-9-16/h4-11,15H,3,12-14H2,1-2H3,(H,24,27)/t15-/m0/s1. The van der Waals surface area contributed by atoms with Gasteiger partial charge in [0.2, 0.25) is 11.8 Å². The molecule has 0 bridgehead atoms. The Morgan fingerprint density at radius 2 is 1.86 bits per heavy atom. The van der Waals surface area contributed by atoms with Gasteiger partial charge < -0.3 is 10.2 Å². The normalized spacial score (nSPS) is 11.7. The number of amides is 2. The zero-order valence-electron chi connectivity index (χ0n) is 16.0. The first-order chi connectivity index (χ1) is 13.4. The van der Waals surface area contributed by atoms with Crippen molar-refractivity contribution in [2.24, 2.45) is 0 Å². The molecule has 0 spiro atoms. The van der Waals surface area contributed by atoms with Gasteiger partial charge in [0.05, 0.1) is 5.75 Å². The molecule has 2 rings (SSSR count). The molecule has 0 aromatic heterocycles. The van der Waals surface area contributed by atoms with Crippen LogP contribution in [0.1, 0.15) is 25.0 Å². The molecule has 1 N–H and O–H groups in total. The van der Waals surface area contributed by atoms with Gasteiger partial charge in [0.25, 0.3) is 0 Å². The van der Waals surface area contributed by atoms with E-state index in [2.05, 4.69) is 21.2 Å². The zero-order chi connectivity index (χ0) is 20.5. The molecule has 0 saturated heterocycles. The minimum absolute atomic E-state index is 0.0826. The van der Waals surface area contributed by atoms with Crippen LogP contribution in [0.15, 0.2) is 53.0 Å². The highest BCUT2D eigenvalue weighted by molar-refractivity contribution is 9.10. The van der Waals surface area contributed by atoms with Gasteiger partial charge in [0.15, 0.2) is 0 Å². The van der Waals surface area contributed by atoms with Crippen LogP contribution in [0.5, 0.6) is 0 Å².